The molecular formula is C25H22N4O2S. The van der Waals surface area contributed by atoms with Gasteiger partial charge in [-0.2, -0.15) is 21.5 Å². The molecule has 0 N–H and O–H groups in total. The fraction of sp³-hybridized carbons (Fsp3) is 0.160. The van der Waals surface area contributed by atoms with E-state index >= 15 is 0 Å². The van der Waals surface area contributed by atoms with E-state index in [9.17, 15) is 4.79 Å². The van der Waals surface area contributed by atoms with Gasteiger partial charge in [-0.05, 0) is 53.2 Å². The number of hydrogen-bond donors (Lipinski definition) is 0. The summed E-state index contributed by atoms with van der Waals surface area (Å²) in [6.45, 7) is 1.56. The number of carbonyl (C=O) groups excluding carboxylic acids is 1. The van der Waals surface area contributed by atoms with Crippen molar-refractivity contribution in [2.75, 3.05) is 7.11 Å². The predicted molar refractivity (Wildman–Crippen MR) is 126 cm³/mol. The van der Waals surface area contributed by atoms with Crippen molar-refractivity contribution in [1.82, 2.24) is 14.8 Å². The van der Waals surface area contributed by atoms with Crippen molar-refractivity contribution in [3.05, 3.63) is 88.7 Å². The van der Waals surface area contributed by atoms with Crippen LogP contribution in [0.1, 0.15) is 30.5 Å². The summed E-state index contributed by atoms with van der Waals surface area (Å²) in [7, 11) is 1.65. The van der Waals surface area contributed by atoms with Crippen LogP contribution >= 0.6 is 11.3 Å². The highest BCUT2D eigenvalue weighted by molar-refractivity contribution is 7.08. The van der Waals surface area contributed by atoms with Gasteiger partial charge in [-0.25, -0.2) is 9.69 Å². The van der Waals surface area contributed by atoms with Crippen LogP contribution in [0.2, 0.25) is 0 Å². The fourth-order valence-electron chi connectivity index (χ4n) is 3.96. The number of amides is 1. The molecule has 32 heavy (non-hydrogen) atoms. The van der Waals surface area contributed by atoms with E-state index in [0.717, 1.165) is 39.5 Å². The minimum Gasteiger partial charge on any atom is -0.497 e. The Labute approximate surface area is 190 Å². The maximum Gasteiger partial charge on any atom is 0.240 e. The van der Waals surface area contributed by atoms with Gasteiger partial charge in [0.15, 0.2) is 0 Å². The zero-order valence-corrected chi connectivity index (χ0v) is 18.6. The van der Waals surface area contributed by atoms with Crippen molar-refractivity contribution in [1.29, 1.82) is 0 Å². The van der Waals surface area contributed by atoms with Crippen LogP contribution in [0.4, 0.5) is 0 Å². The van der Waals surface area contributed by atoms with Gasteiger partial charge in [0.2, 0.25) is 5.91 Å². The molecule has 0 saturated carbocycles. The summed E-state index contributed by atoms with van der Waals surface area (Å²) in [6.07, 6.45) is 2.65. The van der Waals surface area contributed by atoms with Crippen LogP contribution in [0.5, 0.6) is 5.75 Å². The molecule has 1 amide bonds. The Kier molecular flexibility index (Phi) is 5.33. The lowest BCUT2D eigenvalue weighted by atomic mass is 9.97. The van der Waals surface area contributed by atoms with Crippen LogP contribution in [0.15, 0.2) is 82.7 Å². The Balaban J connectivity index is 1.61. The van der Waals surface area contributed by atoms with Gasteiger partial charge in [0.1, 0.15) is 5.75 Å². The number of hydrazone groups is 1. The van der Waals surface area contributed by atoms with Gasteiger partial charge in [-0.1, -0.05) is 18.2 Å². The van der Waals surface area contributed by atoms with Crippen LogP contribution in [-0.4, -0.2) is 33.5 Å². The summed E-state index contributed by atoms with van der Waals surface area (Å²) in [5.41, 5.74) is 5.69. The van der Waals surface area contributed by atoms with Crippen molar-refractivity contribution in [3.63, 3.8) is 0 Å². The number of para-hydroxylation sites is 1. The molecule has 1 aliphatic rings. The number of carbonyl (C=O) groups is 1. The number of hydrogen-bond acceptors (Lipinski definition) is 5. The first-order valence-electron chi connectivity index (χ1n) is 10.3. The maximum absolute atomic E-state index is 12.5. The highest BCUT2D eigenvalue weighted by Gasteiger charge is 2.34. The monoisotopic (exact) mass is 442 g/mol. The first-order chi connectivity index (χ1) is 15.6. The topological polar surface area (TPSA) is 59.7 Å². The Bertz CT molecular complexity index is 1260. The van der Waals surface area contributed by atoms with Gasteiger partial charge in [0, 0.05) is 36.2 Å². The molecule has 1 aliphatic heterocycles. The summed E-state index contributed by atoms with van der Waals surface area (Å²) in [5.74, 6) is 0.695. The molecule has 0 fully saturated rings. The van der Waals surface area contributed by atoms with Crippen molar-refractivity contribution >= 4 is 23.0 Å². The number of benzene rings is 2. The minimum atomic E-state index is -0.225. The fourth-order valence-corrected chi connectivity index (χ4v) is 4.63. The van der Waals surface area contributed by atoms with Crippen LogP contribution in [0, 0.1) is 0 Å². The lowest BCUT2D eigenvalue weighted by Crippen LogP contribution is -2.24. The average Bonchev–Trinajstić information content (AvgIpc) is 3.58. The molecule has 2 aromatic carbocycles. The van der Waals surface area contributed by atoms with Gasteiger partial charge in [-0.3, -0.25) is 4.79 Å². The zero-order chi connectivity index (χ0) is 22.1. The van der Waals surface area contributed by atoms with Crippen LogP contribution in [0.3, 0.4) is 0 Å². The van der Waals surface area contributed by atoms with E-state index in [1.807, 2.05) is 76.9 Å². The van der Waals surface area contributed by atoms with Gasteiger partial charge in [-0.15, -0.1) is 0 Å². The second-order valence-electron chi connectivity index (χ2n) is 7.58. The summed E-state index contributed by atoms with van der Waals surface area (Å²) >= 11 is 1.63. The van der Waals surface area contributed by atoms with Crippen molar-refractivity contribution in [2.45, 2.75) is 19.4 Å². The number of thiophene rings is 1. The number of aromatic nitrogens is 2. The molecule has 1 atom stereocenters. The van der Waals surface area contributed by atoms with Crippen molar-refractivity contribution in [3.8, 4) is 22.7 Å². The molecule has 7 heteroatoms. The molecule has 0 unspecified atom stereocenters. The summed E-state index contributed by atoms with van der Waals surface area (Å²) in [6, 6.07) is 19.6. The van der Waals surface area contributed by atoms with E-state index in [1.54, 1.807) is 30.4 Å². The summed E-state index contributed by atoms with van der Waals surface area (Å²) in [4.78, 5) is 12.5. The third-order valence-electron chi connectivity index (χ3n) is 5.57. The number of nitrogens with zero attached hydrogens (tertiary/aromatic N) is 4. The molecule has 0 saturated heterocycles. The molecule has 0 bridgehead atoms. The van der Waals surface area contributed by atoms with Gasteiger partial charge in [0.05, 0.1) is 30.2 Å². The smallest absolute Gasteiger partial charge is 0.240 e. The molecule has 0 radical (unpaired) electrons. The molecule has 160 valence electrons. The third kappa shape index (κ3) is 3.71. The van der Waals surface area contributed by atoms with E-state index in [1.165, 1.54) is 0 Å². The quantitative estimate of drug-likeness (QED) is 0.421. The standard InChI is InChI=1S/C25H22N4O2S/c1-17(30)29-24(14-23(26-29)19-12-13-32-16-19)22-15-28(20-6-4-3-5-7-20)27-25(22)18-8-10-21(31-2)11-9-18/h3-13,15-16,24H,14H2,1-2H3/t24-/m1/s1. The van der Waals surface area contributed by atoms with Crippen LogP contribution in [0.25, 0.3) is 16.9 Å². The largest absolute Gasteiger partial charge is 0.497 e. The Morgan fingerprint density at radius 1 is 1.06 bits per heavy atom. The first-order valence-corrected chi connectivity index (χ1v) is 11.3. The van der Waals surface area contributed by atoms with E-state index in [4.69, 9.17) is 9.84 Å². The van der Waals surface area contributed by atoms with Gasteiger partial charge < -0.3 is 4.74 Å². The van der Waals surface area contributed by atoms with Gasteiger partial charge in [0.25, 0.3) is 0 Å². The van der Waals surface area contributed by atoms with Crippen molar-refractivity contribution < 1.29 is 9.53 Å². The van der Waals surface area contributed by atoms with E-state index < -0.39 is 0 Å². The molecule has 2 aromatic heterocycles. The predicted octanol–water partition coefficient (Wildman–Crippen LogP) is 5.31. The molecule has 4 aromatic rings. The molecule has 5 rings (SSSR count). The van der Waals surface area contributed by atoms with E-state index in [0.29, 0.717) is 6.42 Å². The highest BCUT2D eigenvalue weighted by Crippen LogP contribution is 2.38. The summed E-state index contributed by atoms with van der Waals surface area (Å²) < 4.78 is 7.19. The number of ether oxygens (including phenoxy) is 1. The minimum absolute atomic E-state index is 0.0895. The first kappa shape index (κ1) is 20.2. The summed E-state index contributed by atoms with van der Waals surface area (Å²) in [5, 5.41) is 15.3. The Hall–Kier alpha value is -3.71. The SMILES string of the molecule is COc1ccc(-c2nn(-c3ccccc3)cc2[C@H]2CC(c3ccsc3)=NN2C(C)=O)cc1. The zero-order valence-electron chi connectivity index (χ0n) is 17.8. The average molecular weight is 443 g/mol. The third-order valence-corrected chi connectivity index (χ3v) is 6.26. The molecule has 6 nitrogen and oxygen atoms in total. The van der Waals surface area contributed by atoms with Crippen molar-refractivity contribution in [2.24, 2.45) is 5.10 Å². The van der Waals surface area contributed by atoms with Crippen LogP contribution in [-0.2, 0) is 4.79 Å². The highest BCUT2D eigenvalue weighted by atomic mass is 32.1. The Morgan fingerprint density at radius 3 is 2.50 bits per heavy atom. The second-order valence-corrected chi connectivity index (χ2v) is 8.36. The van der Waals surface area contributed by atoms with E-state index in [-0.39, 0.29) is 11.9 Å². The molecule has 0 aliphatic carbocycles. The number of rotatable bonds is 5. The molecule has 3 heterocycles. The number of methoxy groups -OCH3 is 1. The lowest BCUT2D eigenvalue weighted by Gasteiger charge is -2.20. The maximum atomic E-state index is 12.5. The molecule has 0 spiro atoms. The Morgan fingerprint density at radius 2 is 1.84 bits per heavy atom. The second kappa shape index (κ2) is 8.43. The van der Waals surface area contributed by atoms with Crippen LogP contribution < -0.4 is 4.74 Å². The van der Waals surface area contributed by atoms with E-state index in [2.05, 4.69) is 10.5 Å². The molecular weight excluding hydrogens is 420 g/mol. The normalized spacial score (nSPS) is 15.6. The lowest BCUT2D eigenvalue weighted by molar-refractivity contribution is -0.130. The van der Waals surface area contributed by atoms with Gasteiger partial charge >= 0.3 is 0 Å².